The summed E-state index contributed by atoms with van der Waals surface area (Å²) in [6.07, 6.45) is 3.19. The molecule has 0 spiro atoms. The largest absolute Gasteiger partial charge is 0.339 e. The number of hydrogen-bond acceptors (Lipinski definition) is 2. The highest BCUT2D eigenvalue weighted by Crippen LogP contribution is 2.20. The molecular formula is C22H26N2O2. The molecule has 136 valence electrons. The summed E-state index contributed by atoms with van der Waals surface area (Å²) < 4.78 is 0. The Morgan fingerprint density at radius 2 is 1.73 bits per heavy atom. The van der Waals surface area contributed by atoms with E-state index in [4.69, 9.17) is 0 Å². The van der Waals surface area contributed by atoms with E-state index in [1.165, 1.54) is 11.1 Å². The topological polar surface area (TPSA) is 49.4 Å². The number of carbonyl (C=O) groups is 2. The van der Waals surface area contributed by atoms with Crippen LogP contribution in [0.4, 0.5) is 5.69 Å². The van der Waals surface area contributed by atoms with E-state index >= 15 is 0 Å². The minimum absolute atomic E-state index is 0.00700. The van der Waals surface area contributed by atoms with Gasteiger partial charge in [-0.05, 0) is 61.9 Å². The number of nitrogens with zero attached hydrogens (tertiary/aromatic N) is 1. The van der Waals surface area contributed by atoms with Crippen LogP contribution in [0, 0.1) is 13.8 Å². The zero-order valence-corrected chi connectivity index (χ0v) is 15.5. The lowest BCUT2D eigenvalue weighted by atomic mass is 10.0. The van der Waals surface area contributed by atoms with Gasteiger partial charge in [-0.15, -0.1) is 0 Å². The summed E-state index contributed by atoms with van der Waals surface area (Å²) in [4.78, 5) is 26.9. The van der Waals surface area contributed by atoms with Gasteiger partial charge in [0, 0.05) is 19.5 Å². The highest BCUT2D eigenvalue weighted by atomic mass is 16.2. The fourth-order valence-electron chi connectivity index (χ4n) is 3.30. The Balaban J connectivity index is 1.63. The molecule has 26 heavy (non-hydrogen) atoms. The Morgan fingerprint density at radius 3 is 2.46 bits per heavy atom. The number of carbonyl (C=O) groups excluding carboxylic acids is 2. The first-order valence-electron chi connectivity index (χ1n) is 9.29. The maximum Gasteiger partial charge on any atom is 0.255 e. The number of amides is 2. The first kappa shape index (κ1) is 18.2. The second-order valence-corrected chi connectivity index (χ2v) is 7.01. The number of anilines is 1. The van der Waals surface area contributed by atoms with Gasteiger partial charge in [0.1, 0.15) is 0 Å². The van der Waals surface area contributed by atoms with E-state index < -0.39 is 0 Å². The van der Waals surface area contributed by atoms with Crippen molar-refractivity contribution in [3.8, 4) is 0 Å². The quantitative estimate of drug-likeness (QED) is 0.882. The average molecular weight is 350 g/mol. The lowest BCUT2D eigenvalue weighted by Crippen LogP contribution is -2.28. The Bertz CT molecular complexity index is 808. The fraction of sp³-hybridized carbons (Fsp3) is 0.364. The van der Waals surface area contributed by atoms with Crippen molar-refractivity contribution in [1.82, 2.24) is 4.90 Å². The number of aryl methyl sites for hydroxylation is 3. The number of likely N-dealkylation sites (tertiary alicyclic amines) is 1. The molecular weight excluding hydrogens is 324 g/mol. The monoisotopic (exact) mass is 350 g/mol. The van der Waals surface area contributed by atoms with Crippen molar-refractivity contribution in [2.75, 3.05) is 18.4 Å². The summed E-state index contributed by atoms with van der Waals surface area (Å²) in [6, 6.07) is 13.6. The standard InChI is InChI=1S/C22H26N2O2/c1-16-9-10-18(15-17(16)2)11-12-21(25)23-20-8-4-3-7-19(20)22(26)24-13-5-6-14-24/h3-4,7-10,15H,5-6,11-14H2,1-2H3,(H,23,25). The molecule has 1 aliphatic rings. The summed E-state index contributed by atoms with van der Waals surface area (Å²) in [5, 5.41) is 2.92. The van der Waals surface area contributed by atoms with Crippen molar-refractivity contribution >= 4 is 17.5 Å². The molecule has 4 heteroatoms. The van der Waals surface area contributed by atoms with E-state index in [0.717, 1.165) is 31.5 Å². The smallest absolute Gasteiger partial charge is 0.255 e. The van der Waals surface area contributed by atoms with Crippen LogP contribution in [0.2, 0.25) is 0 Å². The van der Waals surface area contributed by atoms with E-state index in [1.54, 1.807) is 12.1 Å². The van der Waals surface area contributed by atoms with Crippen LogP contribution in [-0.2, 0) is 11.2 Å². The molecule has 2 aromatic carbocycles. The van der Waals surface area contributed by atoms with Crippen molar-refractivity contribution in [2.45, 2.75) is 39.5 Å². The number of rotatable bonds is 5. The summed E-state index contributed by atoms with van der Waals surface area (Å²) in [5.74, 6) is -0.0579. The molecule has 0 aromatic heterocycles. The second kappa shape index (κ2) is 8.17. The molecule has 0 bridgehead atoms. The predicted molar refractivity (Wildman–Crippen MR) is 104 cm³/mol. The van der Waals surface area contributed by atoms with Gasteiger partial charge >= 0.3 is 0 Å². The summed E-state index contributed by atoms with van der Waals surface area (Å²) >= 11 is 0. The van der Waals surface area contributed by atoms with Crippen molar-refractivity contribution in [3.63, 3.8) is 0 Å². The zero-order valence-electron chi connectivity index (χ0n) is 15.5. The maximum atomic E-state index is 12.7. The zero-order chi connectivity index (χ0) is 18.5. The Morgan fingerprint density at radius 1 is 1.00 bits per heavy atom. The van der Waals surface area contributed by atoms with E-state index in [-0.39, 0.29) is 11.8 Å². The molecule has 1 aliphatic heterocycles. The minimum Gasteiger partial charge on any atom is -0.339 e. The van der Waals surface area contributed by atoms with Gasteiger partial charge < -0.3 is 10.2 Å². The Hall–Kier alpha value is -2.62. The van der Waals surface area contributed by atoms with Gasteiger partial charge in [-0.2, -0.15) is 0 Å². The molecule has 0 aliphatic carbocycles. The molecule has 1 fully saturated rings. The van der Waals surface area contributed by atoms with E-state index in [1.807, 2.05) is 17.0 Å². The van der Waals surface area contributed by atoms with Crippen LogP contribution >= 0.6 is 0 Å². The van der Waals surface area contributed by atoms with Crippen LogP contribution in [0.1, 0.15) is 46.3 Å². The van der Waals surface area contributed by atoms with Crippen LogP contribution in [0.3, 0.4) is 0 Å². The van der Waals surface area contributed by atoms with Crippen molar-refractivity contribution in [2.24, 2.45) is 0 Å². The van der Waals surface area contributed by atoms with Crippen molar-refractivity contribution in [1.29, 1.82) is 0 Å². The molecule has 2 aromatic rings. The van der Waals surface area contributed by atoms with Crippen molar-refractivity contribution in [3.05, 3.63) is 64.7 Å². The highest BCUT2D eigenvalue weighted by Gasteiger charge is 2.22. The van der Waals surface area contributed by atoms with Crippen molar-refractivity contribution < 1.29 is 9.59 Å². The third-order valence-electron chi connectivity index (χ3n) is 5.04. The molecule has 0 saturated carbocycles. The van der Waals surface area contributed by atoms with Crippen LogP contribution < -0.4 is 5.32 Å². The van der Waals surface area contributed by atoms with Gasteiger partial charge in [-0.25, -0.2) is 0 Å². The van der Waals surface area contributed by atoms with Gasteiger partial charge in [0.25, 0.3) is 5.91 Å². The number of nitrogens with one attached hydrogen (secondary N) is 1. The average Bonchev–Trinajstić information content (AvgIpc) is 3.17. The summed E-state index contributed by atoms with van der Waals surface area (Å²) in [6.45, 7) is 5.76. The molecule has 1 saturated heterocycles. The fourth-order valence-corrected chi connectivity index (χ4v) is 3.30. The molecule has 2 amide bonds. The van der Waals surface area contributed by atoms with E-state index in [9.17, 15) is 9.59 Å². The van der Waals surface area contributed by atoms with Crippen LogP contribution in [-0.4, -0.2) is 29.8 Å². The lowest BCUT2D eigenvalue weighted by molar-refractivity contribution is -0.116. The van der Waals surface area contributed by atoms with E-state index in [0.29, 0.717) is 24.1 Å². The SMILES string of the molecule is Cc1ccc(CCC(=O)Nc2ccccc2C(=O)N2CCCC2)cc1C. The Labute approximate surface area is 155 Å². The van der Waals surface area contributed by atoms with E-state index in [2.05, 4.69) is 37.4 Å². The third kappa shape index (κ3) is 4.31. The Kier molecular flexibility index (Phi) is 5.71. The predicted octanol–water partition coefficient (Wildman–Crippen LogP) is 4.11. The number of hydrogen-bond donors (Lipinski definition) is 1. The highest BCUT2D eigenvalue weighted by molar-refractivity contribution is 6.03. The van der Waals surface area contributed by atoms with Crippen LogP contribution in [0.25, 0.3) is 0 Å². The van der Waals surface area contributed by atoms with Gasteiger partial charge in [0.2, 0.25) is 5.91 Å². The van der Waals surface area contributed by atoms with Gasteiger partial charge in [-0.1, -0.05) is 30.3 Å². The maximum absolute atomic E-state index is 12.7. The molecule has 1 heterocycles. The first-order chi connectivity index (χ1) is 12.5. The molecule has 3 rings (SSSR count). The molecule has 1 N–H and O–H groups in total. The number of para-hydroxylation sites is 1. The number of benzene rings is 2. The lowest BCUT2D eigenvalue weighted by Gasteiger charge is -2.18. The third-order valence-corrected chi connectivity index (χ3v) is 5.04. The van der Waals surface area contributed by atoms with Crippen LogP contribution in [0.5, 0.6) is 0 Å². The first-order valence-corrected chi connectivity index (χ1v) is 9.29. The van der Waals surface area contributed by atoms with Gasteiger partial charge in [0.15, 0.2) is 0 Å². The van der Waals surface area contributed by atoms with Gasteiger partial charge in [-0.3, -0.25) is 9.59 Å². The van der Waals surface area contributed by atoms with Crippen LogP contribution in [0.15, 0.2) is 42.5 Å². The van der Waals surface area contributed by atoms with Gasteiger partial charge in [0.05, 0.1) is 11.3 Å². The molecule has 4 nitrogen and oxygen atoms in total. The second-order valence-electron chi connectivity index (χ2n) is 7.01. The molecule has 0 unspecified atom stereocenters. The minimum atomic E-state index is -0.0649. The molecule has 0 radical (unpaired) electrons. The molecule has 0 atom stereocenters. The summed E-state index contributed by atoms with van der Waals surface area (Å²) in [7, 11) is 0. The summed E-state index contributed by atoms with van der Waals surface area (Å²) in [5.41, 5.74) is 4.84. The normalized spacial score (nSPS) is 13.7.